The van der Waals surface area contributed by atoms with Crippen LogP contribution in [0.15, 0.2) is 0 Å². The van der Waals surface area contributed by atoms with Crippen molar-refractivity contribution < 1.29 is 38.7 Å². The molecule has 2 rings (SSSR count). The molecule has 0 aromatic carbocycles. The van der Waals surface area contributed by atoms with Crippen molar-refractivity contribution in [2.75, 3.05) is 26.2 Å². The summed E-state index contributed by atoms with van der Waals surface area (Å²) < 4.78 is 0. The molecule has 7 N–H and O–H groups in total. The molecule has 0 unspecified atom stereocenters. The van der Waals surface area contributed by atoms with Crippen LogP contribution in [-0.2, 0) is 33.6 Å². The maximum atomic E-state index is 13.0. The van der Waals surface area contributed by atoms with Crippen LogP contribution < -0.4 is 27.0 Å². The van der Waals surface area contributed by atoms with Crippen molar-refractivity contribution in [3.8, 4) is 0 Å². The van der Waals surface area contributed by atoms with Crippen LogP contribution in [-0.4, -0.2) is 113 Å². The number of hydrogen-bond donors (Lipinski definition) is 6. The fourth-order valence-electron chi connectivity index (χ4n) is 5.12. The van der Waals surface area contributed by atoms with E-state index in [0.29, 0.717) is 38.6 Å². The minimum Gasteiger partial charge on any atom is -0.480 e. The van der Waals surface area contributed by atoms with E-state index in [-0.39, 0.29) is 24.9 Å². The molecule has 2 aliphatic heterocycles. The van der Waals surface area contributed by atoms with Gasteiger partial charge in [0.25, 0.3) is 0 Å². The van der Waals surface area contributed by atoms with Crippen LogP contribution in [0.1, 0.15) is 66.7 Å². The Kier molecular flexibility index (Phi) is 13.3. The number of likely N-dealkylation sites (tertiary alicyclic amines) is 2. The lowest BCUT2D eigenvalue weighted by molar-refractivity contribution is -0.148. The van der Waals surface area contributed by atoms with Gasteiger partial charge in [0.05, 0.1) is 19.1 Å². The Morgan fingerprint density at radius 3 is 1.81 bits per heavy atom. The lowest BCUT2D eigenvalue weighted by atomic mass is 9.97. The van der Waals surface area contributed by atoms with Crippen molar-refractivity contribution in [2.45, 2.75) is 96.9 Å². The number of nitrogens with zero attached hydrogens (tertiary/aromatic N) is 2. The first kappa shape index (κ1) is 35.4. The topological polar surface area (TPSA) is 220 Å². The molecule has 2 saturated heterocycles. The van der Waals surface area contributed by atoms with E-state index < -0.39 is 78.2 Å². The van der Waals surface area contributed by atoms with Gasteiger partial charge in [-0.3, -0.25) is 28.8 Å². The van der Waals surface area contributed by atoms with Crippen LogP contribution in [0.3, 0.4) is 0 Å². The summed E-state index contributed by atoms with van der Waals surface area (Å²) in [6, 6.07) is -4.47. The van der Waals surface area contributed by atoms with Crippen molar-refractivity contribution >= 4 is 41.4 Å². The minimum absolute atomic E-state index is 0.0755. The second-order valence-corrected chi connectivity index (χ2v) is 11.6. The average Bonchev–Trinajstić information content (AvgIpc) is 3.66. The third kappa shape index (κ3) is 9.63. The Morgan fingerprint density at radius 2 is 1.30 bits per heavy atom. The number of aliphatic carboxylic acids is 1. The van der Waals surface area contributed by atoms with Crippen molar-refractivity contribution in [3.05, 3.63) is 0 Å². The molecule has 15 nitrogen and oxygen atoms in total. The van der Waals surface area contributed by atoms with E-state index in [1.165, 1.54) is 16.7 Å². The first-order valence-electron chi connectivity index (χ1n) is 14.9. The van der Waals surface area contributed by atoms with Crippen molar-refractivity contribution in [1.29, 1.82) is 0 Å². The summed E-state index contributed by atoms with van der Waals surface area (Å²) >= 11 is 0. The second-order valence-electron chi connectivity index (χ2n) is 11.6. The zero-order valence-corrected chi connectivity index (χ0v) is 25.7. The minimum atomic E-state index is -1.10. The van der Waals surface area contributed by atoms with Crippen LogP contribution >= 0.6 is 0 Å². The molecule has 2 heterocycles. The van der Waals surface area contributed by atoms with Gasteiger partial charge in [-0.2, -0.15) is 0 Å². The largest absolute Gasteiger partial charge is 0.480 e. The summed E-state index contributed by atoms with van der Waals surface area (Å²) in [6.45, 7) is 8.50. The molecule has 2 fully saturated rings. The Labute approximate surface area is 252 Å². The van der Waals surface area contributed by atoms with Crippen molar-refractivity contribution in [2.24, 2.45) is 17.6 Å². The zero-order chi connectivity index (χ0) is 32.4. The number of carboxylic acid groups (broad SMARTS) is 1. The lowest BCUT2D eigenvalue weighted by Crippen LogP contribution is -2.57. The maximum Gasteiger partial charge on any atom is 0.326 e. The molecule has 0 aromatic heterocycles. The van der Waals surface area contributed by atoms with Crippen LogP contribution in [0.5, 0.6) is 0 Å². The van der Waals surface area contributed by atoms with Gasteiger partial charge in [0.1, 0.15) is 24.2 Å². The Hall–Kier alpha value is -3.75. The highest BCUT2D eigenvalue weighted by Crippen LogP contribution is 2.18. The van der Waals surface area contributed by atoms with E-state index in [1.54, 1.807) is 13.8 Å². The number of carbonyl (C=O) groups is 7. The van der Waals surface area contributed by atoms with Crippen LogP contribution in [0, 0.1) is 11.8 Å². The lowest BCUT2D eigenvalue weighted by Gasteiger charge is -2.27. The van der Waals surface area contributed by atoms with Crippen LogP contribution in [0.2, 0.25) is 0 Å². The van der Waals surface area contributed by atoms with Gasteiger partial charge in [-0.05, 0) is 44.4 Å². The van der Waals surface area contributed by atoms with Crippen molar-refractivity contribution in [3.63, 3.8) is 0 Å². The number of carboxylic acids is 1. The van der Waals surface area contributed by atoms with E-state index in [0.717, 1.165) is 0 Å². The average molecular weight is 610 g/mol. The molecule has 0 saturated carbocycles. The Balaban J connectivity index is 1.87. The second kappa shape index (κ2) is 16.2. The molecular weight excluding hydrogens is 562 g/mol. The van der Waals surface area contributed by atoms with Gasteiger partial charge in [0.2, 0.25) is 35.4 Å². The highest BCUT2D eigenvalue weighted by atomic mass is 16.4. The standard InChI is InChI=1S/C28H47N7O8/c1-6-16(4)22(29)26(40)33-23(15(2)3)27(41)31-14-20(36)34-11-7-9-18(34)25(39)32-17(5)24(38)30-13-21(37)35-12-8-10-19(35)28(42)43/h15-19,22-23H,6-14,29H2,1-5H3,(H,30,38)(H,31,41)(H,32,39)(H,33,40)(H,42,43)/t16-,17-,18-,19-,22-,23-/m0/s1. The summed E-state index contributed by atoms with van der Waals surface area (Å²) in [6.07, 6.45) is 2.52. The summed E-state index contributed by atoms with van der Waals surface area (Å²) in [7, 11) is 0. The van der Waals surface area contributed by atoms with Crippen LogP contribution in [0.25, 0.3) is 0 Å². The monoisotopic (exact) mass is 609 g/mol. The molecule has 242 valence electrons. The first-order chi connectivity index (χ1) is 20.2. The highest BCUT2D eigenvalue weighted by molar-refractivity contribution is 5.95. The van der Waals surface area contributed by atoms with Gasteiger partial charge in [0, 0.05) is 13.1 Å². The molecule has 0 radical (unpaired) electrons. The fraction of sp³-hybridized carbons (Fsp3) is 0.750. The molecule has 15 heteroatoms. The number of nitrogens with two attached hydrogens (primary N) is 1. The van der Waals surface area contributed by atoms with E-state index in [9.17, 15) is 38.7 Å². The van der Waals surface area contributed by atoms with Gasteiger partial charge < -0.3 is 41.9 Å². The smallest absolute Gasteiger partial charge is 0.326 e. The molecule has 0 bridgehead atoms. The Bertz CT molecular complexity index is 1070. The van der Waals surface area contributed by atoms with Crippen LogP contribution in [0.4, 0.5) is 0 Å². The number of amides is 6. The zero-order valence-electron chi connectivity index (χ0n) is 25.7. The van der Waals surface area contributed by atoms with E-state index in [4.69, 9.17) is 5.73 Å². The summed E-state index contributed by atoms with van der Waals surface area (Å²) in [4.78, 5) is 90.1. The predicted octanol–water partition coefficient (Wildman–Crippen LogP) is -1.70. The SMILES string of the molecule is CC[C@H](C)[C@H](N)C(=O)N[C@H](C(=O)NCC(=O)N1CCC[C@H]1C(=O)N[C@@H](C)C(=O)NCC(=O)N1CCC[C@H]1C(=O)O)C(C)C. The summed E-state index contributed by atoms with van der Waals surface area (Å²) in [5.41, 5.74) is 5.99. The third-order valence-electron chi connectivity index (χ3n) is 8.12. The first-order valence-corrected chi connectivity index (χ1v) is 14.9. The third-order valence-corrected chi connectivity index (χ3v) is 8.12. The highest BCUT2D eigenvalue weighted by Gasteiger charge is 2.37. The molecule has 6 atom stereocenters. The Morgan fingerprint density at radius 1 is 0.791 bits per heavy atom. The summed E-state index contributed by atoms with van der Waals surface area (Å²) in [5, 5.41) is 19.5. The van der Waals surface area contributed by atoms with Gasteiger partial charge in [-0.1, -0.05) is 34.1 Å². The molecule has 2 aliphatic rings. The van der Waals surface area contributed by atoms with E-state index >= 15 is 0 Å². The van der Waals surface area contributed by atoms with E-state index in [2.05, 4.69) is 21.3 Å². The molecular formula is C28H47N7O8. The molecule has 0 spiro atoms. The quantitative estimate of drug-likeness (QED) is 0.132. The normalized spacial score (nSPS) is 21.0. The number of rotatable bonds is 14. The van der Waals surface area contributed by atoms with Gasteiger partial charge in [0.15, 0.2) is 0 Å². The maximum absolute atomic E-state index is 13.0. The molecule has 6 amide bonds. The fourth-order valence-corrected chi connectivity index (χ4v) is 5.12. The summed E-state index contributed by atoms with van der Waals surface area (Å²) in [5.74, 6) is -4.64. The van der Waals surface area contributed by atoms with Gasteiger partial charge in [-0.25, -0.2) is 4.79 Å². The molecule has 43 heavy (non-hydrogen) atoms. The molecule has 0 aliphatic carbocycles. The van der Waals surface area contributed by atoms with E-state index in [1.807, 2.05) is 13.8 Å². The number of hydrogen-bond acceptors (Lipinski definition) is 8. The molecule has 0 aromatic rings. The van der Waals surface area contributed by atoms with Gasteiger partial charge in [-0.15, -0.1) is 0 Å². The predicted molar refractivity (Wildman–Crippen MR) is 155 cm³/mol. The number of carbonyl (C=O) groups excluding carboxylic acids is 6. The number of nitrogens with one attached hydrogen (secondary N) is 4. The van der Waals surface area contributed by atoms with Gasteiger partial charge >= 0.3 is 5.97 Å². The van der Waals surface area contributed by atoms with Crippen molar-refractivity contribution in [1.82, 2.24) is 31.1 Å².